The molecule has 2 aliphatic heterocycles. The van der Waals surface area contributed by atoms with E-state index >= 15 is 0 Å². The first kappa shape index (κ1) is 18.2. The van der Waals surface area contributed by atoms with Crippen molar-refractivity contribution in [1.29, 1.82) is 0 Å². The second-order valence-electron chi connectivity index (χ2n) is 7.87. The summed E-state index contributed by atoms with van der Waals surface area (Å²) in [4.78, 5) is 17.5. The van der Waals surface area contributed by atoms with Crippen LogP contribution < -0.4 is 10.9 Å². The highest BCUT2D eigenvalue weighted by Crippen LogP contribution is 2.30. The van der Waals surface area contributed by atoms with Crippen LogP contribution in [0.25, 0.3) is 0 Å². The minimum Gasteiger partial charge on any atom is -0.339 e. The fourth-order valence-electron chi connectivity index (χ4n) is 4.65. The van der Waals surface area contributed by atoms with Crippen LogP contribution in [0.2, 0.25) is 5.02 Å². The van der Waals surface area contributed by atoms with Crippen molar-refractivity contribution in [2.45, 2.75) is 50.7 Å². The summed E-state index contributed by atoms with van der Waals surface area (Å²) in [5.41, 5.74) is 7.87. The maximum atomic E-state index is 13.1. The quantitative estimate of drug-likeness (QED) is 0.850. The molecule has 1 aromatic rings. The molecule has 1 saturated carbocycles. The van der Waals surface area contributed by atoms with Crippen LogP contribution in [-0.4, -0.2) is 54.0 Å². The summed E-state index contributed by atoms with van der Waals surface area (Å²) >= 11 is 6.28. The first-order valence-corrected chi connectivity index (χ1v) is 10.4. The van der Waals surface area contributed by atoms with Gasteiger partial charge in [-0.15, -0.1) is 0 Å². The number of piperazine rings is 1. The van der Waals surface area contributed by atoms with Gasteiger partial charge in [0.15, 0.2) is 0 Å². The summed E-state index contributed by atoms with van der Waals surface area (Å²) in [6.45, 7) is 4.28. The number of rotatable bonds is 3. The molecule has 1 aromatic carbocycles. The third-order valence-electron chi connectivity index (χ3n) is 6.22. The SMILES string of the molecule is O=C(C1NNC2CCCCCC21)N1CCN(Cc2ccccc2Cl)CC1. The molecular formula is C20H29ClN4O. The molecule has 142 valence electrons. The van der Waals surface area contributed by atoms with Crippen LogP contribution in [0.1, 0.15) is 37.7 Å². The van der Waals surface area contributed by atoms with E-state index in [9.17, 15) is 4.79 Å². The van der Waals surface area contributed by atoms with Gasteiger partial charge in [-0.05, 0) is 24.5 Å². The highest BCUT2D eigenvalue weighted by atomic mass is 35.5. The third kappa shape index (κ3) is 3.91. The number of nitrogens with one attached hydrogen (secondary N) is 2. The van der Waals surface area contributed by atoms with E-state index in [2.05, 4.69) is 26.7 Å². The predicted octanol–water partition coefficient (Wildman–Crippen LogP) is 2.41. The Hall–Kier alpha value is -1.14. The Labute approximate surface area is 161 Å². The van der Waals surface area contributed by atoms with Gasteiger partial charge in [0, 0.05) is 49.7 Å². The number of fused-ring (bicyclic) bond motifs is 1. The molecule has 3 unspecified atom stereocenters. The van der Waals surface area contributed by atoms with Crippen LogP contribution in [0.3, 0.4) is 0 Å². The maximum Gasteiger partial charge on any atom is 0.241 e. The van der Waals surface area contributed by atoms with Gasteiger partial charge in [-0.25, -0.2) is 5.43 Å². The summed E-state index contributed by atoms with van der Waals surface area (Å²) < 4.78 is 0. The fraction of sp³-hybridized carbons (Fsp3) is 0.650. The van der Waals surface area contributed by atoms with Crippen LogP contribution in [0.15, 0.2) is 24.3 Å². The third-order valence-corrected chi connectivity index (χ3v) is 6.59. The number of halogens is 1. The molecule has 4 rings (SSSR count). The number of hydrogen-bond acceptors (Lipinski definition) is 4. The fourth-order valence-corrected chi connectivity index (χ4v) is 4.85. The lowest BCUT2D eigenvalue weighted by Crippen LogP contribution is -2.54. The summed E-state index contributed by atoms with van der Waals surface area (Å²) in [5, 5.41) is 0.826. The van der Waals surface area contributed by atoms with E-state index in [1.54, 1.807) is 0 Å². The topological polar surface area (TPSA) is 47.6 Å². The smallest absolute Gasteiger partial charge is 0.241 e. The van der Waals surface area contributed by atoms with E-state index in [-0.39, 0.29) is 11.9 Å². The predicted molar refractivity (Wildman–Crippen MR) is 104 cm³/mol. The molecule has 3 atom stereocenters. The van der Waals surface area contributed by atoms with E-state index in [4.69, 9.17) is 11.6 Å². The Morgan fingerprint density at radius 2 is 1.81 bits per heavy atom. The Kier molecular flexibility index (Phi) is 5.79. The largest absolute Gasteiger partial charge is 0.339 e. The molecule has 1 aliphatic carbocycles. The molecule has 2 N–H and O–H groups in total. The number of carbonyl (C=O) groups is 1. The minimum atomic E-state index is -0.0479. The molecule has 5 nitrogen and oxygen atoms in total. The van der Waals surface area contributed by atoms with E-state index in [1.807, 2.05) is 18.2 Å². The summed E-state index contributed by atoms with van der Waals surface area (Å²) in [5.74, 6) is 0.732. The van der Waals surface area contributed by atoms with Crippen LogP contribution in [0, 0.1) is 5.92 Å². The zero-order valence-electron chi connectivity index (χ0n) is 15.3. The van der Waals surface area contributed by atoms with Gasteiger partial charge >= 0.3 is 0 Å². The lowest BCUT2D eigenvalue weighted by atomic mass is 9.89. The van der Waals surface area contributed by atoms with Crippen LogP contribution in [-0.2, 0) is 11.3 Å². The number of benzene rings is 1. The summed E-state index contributed by atoms with van der Waals surface area (Å²) in [7, 11) is 0. The summed E-state index contributed by atoms with van der Waals surface area (Å²) in [6.07, 6.45) is 6.17. The minimum absolute atomic E-state index is 0.0479. The highest BCUT2D eigenvalue weighted by Gasteiger charge is 2.42. The van der Waals surface area contributed by atoms with Crippen molar-refractivity contribution < 1.29 is 4.79 Å². The van der Waals surface area contributed by atoms with Gasteiger partial charge in [0.2, 0.25) is 5.91 Å². The van der Waals surface area contributed by atoms with Gasteiger partial charge in [-0.1, -0.05) is 49.1 Å². The van der Waals surface area contributed by atoms with Gasteiger partial charge in [-0.2, -0.15) is 0 Å². The second kappa shape index (κ2) is 8.26. The van der Waals surface area contributed by atoms with Gasteiger partial charge in [0.25, 0.3) is 0 Å². The van der Waals surface area contributed by atoms with Gasteiger partial charge in [0.1, 0.15) is 6.04 Å². The van der Waals surface area contributed by atoms with Crippen LogP contribution in [0.5, 0.6) is 0 Å². The standard InChI is InChI=1S/C20H29ClN4O/c21-17-8-5-4-6-15(17)14-24-10-12-25(13-11-24)20(26)19-16-7-2-1-3-9-18(16)22-23-19/h4-6,8,16,18-19,22-23H,1-3,7,9-14H2. The molecule has 0 radical (unpaired) electrons. The molecule has 0 bridgehead atoms. The van der Waals surface area contributed by atoms with Crippen molar-refractivity contribution in [3.63, 3.8) is 0 Å². The number of hydrogen-bond donors (Lipinski definition) is 2. The number of carbonyl (C=O) groups excluding carboxylic acids is 1. The van der Waals surface area contributed by atoms with Crippen LogP contribution in [0.4, 0.5) is 0 Å². The average Bonchev–Trinajstić information content (AvgIpc) is 2.92. The second-order valence-corrected chi connectivity index (χ2v) is 8.27. The van der Waals surface area contributed by atoms with Crippen molar-refractivity contribution in [2.24, 2.45) is 5.92 Å². The molecule has 2 heterocycles. The molecule has 26 heavy (non-hydrogen) atoms. The van der Waals surface area contributed by atoms with Crippen molar-refractivity contribution in [3.8, 4) is 0 Å². The Bertz CT molecular complexity index is 632. The monoisotopic (exact) mass is 376 g/mol. The average molecular weight is 377 g/mol. The number of amides is 1. The molecule has 6 heteroatoms. The van der Waals surface area contributed by atoms with Crippen molar-refractivity contribution in [2.75, 3.05) is 26.2 Å². The Morgan fingerprint density at radius 3 is 2.62 bits per heavy atom. The molecule has 2 saturated heterocycles. The van der Waals surface area contributed by atoms with E-state index in [0.717, 1.165) is 49.7 Å². The molecule has 0 spiro atoms. The van der Waals surface area contributed by atoms with Crippen molar-refractivity contribution >= 4 is 17.5 Å². The summed E-state index contributed by atoms with van der Waals surface area (Å²) in [6, 6.07) is 8.44. The van der Waals surface area contributed by atoms with Gasteiger partial charge in [0.05, 0.1) is 0 Å². The Morgan fingerprint density at radius 1 is 1.04 bits per heavy atom. The van der Waals surface area contributed by atoms with Crippen LogP contribution >= 0.6 is 11.6 Å². The lowest BCUT2D eigenvalue weighted by Gasteiger charge is -2.36. The van der Waals surface area contributed by atoms with Crippen molar-refractivity contribution in [3.05, 3.63) is 34.9 Å². The van der Waals surface area contributed by atoms with E-state index in [0.29, 0.717) is 12.0 Å². The molecule has 3 aliphatic rings. The van der Waals surface area contributed by atoms with Gasteiger partial charge in [-0.3, -0.25) is 15.1 Å². The normalized spacial score (nSPS) is 30.0. The molecule has 1 amide bonds. The molecule has 0 aromatic heterocycles. The lowest BCUT2D eigenvalue weighted by molar-refractivity contribution is -0.136. The highest BCUT2D eigenvalue weighted by molar-refractivity contribution is 6.31. The Balaban J connectivity index is 1.31. The maximum absolute atomic E-state index is 13.1. The number of nitrogens with zero attached hydrogens (tertiary/aromatic N) is 2. The number of hydrazine groups is 1. The van der Waals surface area contributed by atoms with Gasteiger partial charge < -0.3 is 4.90 Å². The molecule has 3 fully saturated rings. The first-order valence-electron chi connectivity index (χ1n) is 9.98. The zero-order chi connectivity index (χ0) is 17.9. The van der Waals surface area contributed by atoms with Crippen molar-refractivity contribution in [1.82, 2.24) is 20.7 Å². The zero-order valence-corrected chi connectivity index (χ0v) is 16.0. The molecular weight excluding hydrogens is 348 g/mol. The first-order chi connectivity index (χ1) is 12.7. The van der Waals surface area contributed by atoms with E-state index in [1.165, 1.54) is 25.7 Å². The van der Waals surface area contributed by atoms with E-state index < -0.39 is 0 Å².